The normalized spacial score (nSPS) is 14.6. The summed E-state index contributed by atoms with van der Waals surface area (Å²) < 4.78 is 5.54. The molecule has 1 unspecified atom stereocenters. The predicted octanol–water partition coefficient (Wildman–Crippen LogP) is 4.56. The van der Waals surface area contributed by atoms with Crippen LogP contribution < -0.4 is 10.6 Å². The monoisotopic (exact) mass is 466 g/mol. The molecule has 7 nitrogen and oxygen atoms in total. The number of carboxylic acids is 1. The smallest absolute Gasteiger partial charge is 0.407 e. The third kappa shape index (κ3) is 5.41. The Morgan fingerprint density at radius 1 is 0.941 bits per heavy atom. The van der Waals surface area contributed by atoms with Crippen molar-refractivity contribution in [1.29, 1.82) is 0 Å². The maximum Gasteiger partial charge on any atom is 0.407 e. The lowest BCUT2D eigenvalue weighted by Crippen LogP contribution is -2.52. The number of hydrogen-bond acceptors (Lipinski definition) is 4. The van der Waals surface area contributed by atoms with Crippen LogP contribution in [0.15, 0.2) is 48.5 Å². The van der Waals surface area contributed by atoms with Crippen molar-refractivity contribution >= 4 is 18.0 Å². The molecule has 0 spiro atoms. The summed E-state index contributed by atoms with van der Waals surface area (Å²) in [7, 11) is 0. The number of nitrogens with one attached hydrogen (secondary N) is 2. The Morgan fingerprint density at radius 3 is 1.97 bits per heavy atom. The number of ether oxygens (including phenoxy) is 1. The van der Waals surface area contributed by atoms with Gasteiger partial charge in [-0.1, -0.05) is 62.4 Å². The van der Waals surface area contributed by atoms with Gasteiger partial charge in [0, 0.05) is 24.4 Å². The van der Waals surface area contributed by atoms with Crippen LogP contribution >= 0.6 is 0 Å². The van der Waals surface area contributed by atoms with Gasteiger partial charge in [0.15, 0.2) is 0 Å². The first-order valence-corrected chi connectivity index (χ1v) is 11.7. The highest BCUT2D eigenvalue weighted by Gasteiger charge is 2.39. The first-order chi connectivity index (χ1) is 16.0. The first-order valence-electron chi connectivity index (χ1n) is 11.7. The van der Waals surface area contributed by atoms with Crippen molar-refractivity contribution in [2.45, 2.75) is 59.0 Å². The van der Waals surface area contributed by atoms with E-state index in [0.29, 0.717) is 0 Å². The summed E-state index contributed by atoms with van der Waals surface area (Å²) in [5, 5.41) is 15.1. The van der Waals surface area contributed by atoms with Gasteiger partial charge in [-0.25, -0.2) is 4.79 Å². The molecule has 0 fully saturated rings. The maximum absolute atomic E-state index is 12.6. The van der Waals surface area contributed by atoms with Crippen LogP contribution in [-0.2, 0) is 14.3 Å². The van der Waals surface area contributed by atoms with Crippen LogP contribution in [0.3, 0.4) is 0 Å². The number of carbonyl (C=O) groups is 3. The van der Waals surface area contributed by atoms with E-state index in [4.69, 9.17) is 4.74 Å². The molecule has 3 rings (SSSR count). The van der Waals surface area contributed by atoms with Crippen molar-refractivity contribution in [3.05, 3.63) is 59.7 Å². The van der Waals surface area contributed by atoms with Crippen LogP contribution in [0.1, 0.15) is 58.1 Å². The van der Waals surface area contributed by atoms with Crippen molar-refractivity contribution in [1.82, 2.24) is 10.6 Å². The summed E-state index contributed by atoms with van der Waals surface area (Å²) >= 11 is 0. The Hall–Kier alpha value is -3.35. The van der Waals surface area contributed by atoms with Gasteiger partial charge in [0.1, 0.15) is 6.61 Å². The molecule has 2 amide bonds. The number of benzene rings is 2. The Labute approximate surface area is 200 Å². The van der Waals surface area contributed by atoms with Crippen LogP contribution in [0.25, 0.3) is 11.1 Å². The minimum atomic E-state index is -1.12. The van der Waals surface area contributed by atoms with E-state index in [-0.39, 0.29) is 30.8 Å². The van der Waals surface area contributed by atoms with Crippen molar-refractivity contribution in [2.24, 2.45) is 11.3 Å². The molecule has 0 heterocycles. The molecule has 0 radical (unpaired) electrons. The number of alkyl carbamates (subject to hydrolysis) is 1. The summed E-state index contributed by atoms with van der Waals surface area (Å²) in [6.07, 6.45) is -0.572. The van der Waals surface area contributed by atoms with Gasteiger partial charge in [-0.2, -0.15) is 0 Å². The van der Waals surface area contributed by atoms with E-state index in [1.54, 1.807) is 20.8 Å². The summed E-state index contributed by atoms with van der Waals surface area (Å²) in [6.45, 7) is 8.84. The molecular weight excluding hydrogens is 432 g/mol. The fourth-order valence-corrected chi connectivity index (χ4v) is 4.72. The van der Waals surface area contributed by atoms with E-state index in [9.17, 15) is 19.5 Å². The van der Waals surface area contributed by atoms with Crippen molar-refractivity contribution < 1.29 is 24.2 Å². The van der Waals surface area contributed by atoms with E-state index in [1.807, 2.05) is 38.1 Å². The number of carboxylic acid groups (broad SMARTS) is 1. The Morgan fingerprint density at radius 2 is 1.47 bits per heavy atom. The summed E-state index contributed by atoms with van der Waals surface area (Å²) in [4.78, 5) is 36.6. The summed E-state index contributed by atoms with van der Waals surface area (Å²) in [5.41, 5.74) is 3.45. The van der Waals surface area contributed by atoms with Gasteiger partial charge < -0.3 is 20.5 Å². The topological polar surface area (TPSA) is 105 Å². The standard InChI is InChI=1S/C27H34N2O5/c1-16(2)24(27(4,5)25(31)32)29-23(30)14-17(3)28-26(33)34-15-22-20-12-8-6-10-18(20)19-11-7-9-13-21(19)22/h6-13,16-17,22,24H,14-15H2,1-5H3,(H,28,33)(H,29,30)(H,31,32)/t17-,24?/m1/s1. The van der Waals surface area contributed by atoms with Crippen LogP contribution in [0, 0.1) is 11.3 Å². The zero-order chi connectivity index (χ0) is 25.0. The number of aliphatic carboxylic acids is 1. The Balaban J connectivity index is 1.55. The molecule has 1 aliphatic carbocycles. The van der Waals surface area contributed by atoms with Gasteiger partial charge >= 0.3 is 12.1 Å². The molecule has 2 atom stereocenters. The third-order valence-corrected chi connectivity index (χ3v) is 6.51. The van der Waals surface area contributed by atoms with Crippen molar-refractivity contribution in [3.63, 3.8) is 0 Å². The first kappa shape index (κ1) is 25.3. The second-order valence-corrected chi connectivity index (χ2v) is 9.89. The summed E-state index contributed by atoms with van der Waals surface area (Å²) in [5.74, 6) is -1.40. The zero-order valence-electron chi connectivity index (χ0n) is 20.4. The molecule has 0 aliphatic heterocycles. The second kappa shape index (κ2) is 10.3. The van der Waals surface area contributed by atoms with Crippen LogP contribution in [0.2, 0.25) is 0 Å². The highest BCUT2D eigenvalue weighted by atomic mass is 16.5. The quantitative estimate of drug-likeness (QED) is 0.503. The molecule has 0 saturated heterocycles. The Bertz CT molecular complexity index is 1020. The zero-order valence-corrected chi connectivity index (χ0v) is 20.4. The molecule has 3 N–H and O–H groups in total. The van der Waals surface area contributed by atoms with E-state index in [1.165, 1.54) is 0 Å². The average molecular weight is 467 g/mol. The number of hydrogen-bond donors (Lipinski definition) is 3. The van der Waals surface area contributed by atoms with Gasteiger partial charge in [-0.05, 0) is 48.9 Å². The lowest BCUT2D eigenvalue weighted by molar-refractivity contribution is -0.150. The number of fused-ring (bicyclic) bond motifs is 3. The van der Waals surface area contributed by atoms with E-state index >= 15 is 0 Å². The third-order valence-electron chi connectivity index (χ3n) is 6.51. The van der Waals surface area contributed by atoms with E-state index < -0.39 is 29.6 Å². The molecule has 2 aromatic carbocycles. The van der Waals surface area contributed by atoms with Crippen molar-refractivity contribution in [3.8, 4) is 11.1 Å². The summed E-state index contributed by atoms with van der Waals surface area (Å²) in [6, 6.07) is 15.2. The van der Waals surface area contributed by atoms with Crippen LogP contribution in [-0.4, -0.2) is 41.8 Å². The highest BCUT2D eigenvalue weighted by molar-refractivity contribution is 5.81. The maximum atomic E-state index is 12.6. The lowest BCUT2D eigenvalue weighted by Gasteiger charge is -2.34. The molecular formula is C27H34N2O5. The average Bonchev–Trinajstić information content (AvgIpc) is 3.09. The largest absolute Gasteiger partial charge is 0.481 e. The van der Waals surface area contributed by atoms with Gasteiger partial charge in [0.2, 0.25) is 5.91 Å². The van der Waals surface area contributed by atoms with Gasteiger partial charge in [-0.15, -0.1) is 0 Å². The molecule has 0 aromatic heterocycles. The van der Waals surface area contributed by atoms with Crippen LogP contribution in [0.5, 0.6) is 0 Å². The van der Waals surface area contributed by atoms with E-state index in [0.717, 1.165) is 22.3 Å². The number of rotatable bonds is 9. The number of carbonyl (C=O) groups excluding carboxylic acids is 2. The Kier molecular flexibility index (Phi) is 7.64. The van der Waals surface area contributed by atoms with Gasteiger partial charge in [0.05, 0.1) is 5.41 Å². The second-order valence-electron chi connectivity index (χ2n) is 9.89. The lowest BCUT2D eigenvalue weighted by atomic mass is 9.78. The molecule has 2 aromatic rings. The van der Waals surface area contributed by atoms with Crippen LogP contribution in [0.4, 0.5) is 4.79 Å². The highest BCUT2D eigenvalue weighted by Crippen LogP contribution is 2.44. The predicted molar refractivity (Wildman–Crippen MR) is 130 cm³/mol. The number of amides is 2. The minimum Gasteiger partial charge on any atom is -0.481 e. The molecule has 182 valence electrons. The van der Waals surface area contributed by atoms with Crippen molar-refractivity contribution in [2.75, 3.05) is 6.61 Å². The molecule has 0 saturated carbocycles. The molecule has 1 aliphatic rings. The molecule has 34 heavy (non-hydrogen) atoms. The van der Waals surface area contributed by atoms with Gasteiger partial charge in [-0.3, -0.25) is 9.59 Å². The minimum absolute atomic E-state index is 0.0170. The fraction of sp³-hybridized carbons (Fsp3) is 0.444. The fourth-order valence-electron chi connectivity index (χ4n) is 4.72. The SMILES string of the molecule is CC(C)C(NC(=O)C[C@@H](C)NC(=O)OCC1c2ccccc2-c2ccccc21)C(C)(C)C(=O)O. The van der Waals surface area contributed by atoms with E-state index in [2.05, 4.69) is 34.9 Å². The molecule has 7 heteroatoms. The van der Waals surface area contributed by atoms with Gasteiger partial charge in [0.25, 0.3) is 0 Å². The molecule has 0 bridgehead atoms.